The fourth-order valence-electron chi connectivity index (χ4n) is 1.59. The van der Waals surface area contributed by atoms with E-state index in [1.165, 1.54) is 29.2 Å². The number of rotatable bonds is 6. The van der Waals surface area contributed by atoms with E-state index in [9.17, 15) is 9.59 Å². The molecule has 0 aliphatic carbocycles. The molecule has 0 aliphatic rings. The maximum absolute atomic E-state index is 11.9. The summed E-state index contributed by atoms with van der Waals surface area (Å²) >= 11 is 1.22. The Balaban J connectivity index is 2.03. The van der Waals surface area contributed by atoms with Gasteiger partial charge in [-0.15, -0.1) is 10.2 Å². The molecule has 2 aromatic heterocycles. The van der Waals surface area contributed by atoms with Crippen LogP contribution < -0.4 is 15.6 Å². The quantitative estimate of drug-likeness (QED) is 0.834. The number of anilines is 1. The van der Waals surface area contributed by atoms with E-state index in [2.05, 4.69) is 15.5 Å². The molecule has 1 amide bonds. The summed E-state index contributed by atoms with van der Waals surface area (Å²) in [5, 5.41) is 11.3. The van der Waals surface area contributed by atoms with Gasteiger partial charge in [0, 0.05) is 13.3 Å². The molecule has 112 valence electrons. The number of aromatic nitrogens is 3. The van der Waals surface area contributed by atoms with Gasteiger partial charge >= 0.3 is 0 Å². The maximum atomic E-state index is 11.9. The van der Waals surface area contributed by atoms with Gasteiger partial charge in [-0.05, 0) is 12.1 Å². The third kappa shape index (κ3) is 3.86. The zero-order chi connectivity index (χ0) is 15.2. The van der Waals surface area contributed by atoms with Crippen molar-refractivity contribution in [3.63, 3.8) is 0 Å². The Labute approximate surface area is 124 Å². The molecule has 2 heterocycles. The van der Waals surface area contributed by atoms with Crippen molar-refractivity contribution in [2.45, 2.75) is 13.2 Å². The van der Waals surface area contributed by atoms with Crippen LogP contribution in [-0.4, -0.2) is 34.9 Å². The molecule has 0 saturated heterocycles. The molecule has 8 nitrogen and oxygen atoms in total. The number of amides is 1. The Morgan fingerprint density at radius 3 is 2.95 bits per heavy atom. The highest BCUT2D eigenvalue weighted by atomic mass is 32.1. The predicted octanol–water partition coefficient (Wildman–Crippen LogP) is 0.493. The number of nitrogens with one attached hydrogen (secondary N) is 1. The van der Waals surface area contributed by atoms with Crippen molar-refractivity contribution in [3.8, 4) is 5.75 Å². The number of nitrogens with zero attached hydrogens (tertiary/aromatic N) is 3. The van der Waals surface area contributed by atoms with Gasteiger partial charge < -0.3 is 14.0 Å². The Hall–Kier alpha value is -2.26. The van der Waals surface area contributed by atoms with Crippen molar-refractivity contribution in [2.75, 3.05) is 19.5 Å². The molecule has 0 atom stereocenters. The smallest absolute Gasteiger partial charge is 0.293 e. The molecular weight excluding hydrogens is 296 g/mol. The second-order valence-electron chi connectivity index (χ2n) is 3.99. The zero-order valence-electron chi connectivity index (χ0n) is 11.5. The minimum atomic E-state index is -0.370. The van der Waals surface area contributed by atoms with Gasteiger partial charge in [0.15, 0.2) is 5.75 Å². The average molecular weight is 310 g/mol. The van der Waals surface area contributed by atoms with Crippen molar-refractivity contribution < 1.29 is 14.3 Å². The minimum absolute atomic E-state index is 0.130. The highest BCUT2D eigenvalue weighted by Gasteiger charge is 2.10. The average Bonchev–Trinajstić information content (AvgIpc) is 2.89. The van der Waals surface area contributed by atoms with E-state index >= 15 is 0 Å². The SMILES string of the molecule is COCc1nnc(NC(=O)Cn2cccc(OC)c2=O)s1. The molecule has 21 heavy (non-hydrogen) atoms. The predicted molar refractivity (Wildman–Crippen MR) is 76.5 cm³/mol. The fraction of sp³-hybridized carbons (Fsp3) is 0.333. The van der Waals surface area contributed by atoms with Crippen LogP contribution in [0, 0.1) is 0 Å². The Morgan fingerprint density at radius 1 is 1.43 bits per heavy atom. The molecule has 0 saturated carbocycles. The lowest BCUT2D eigenvalue weighted by Gasteiger charge is -2.06. The Morgan fingerprint density at radius 2 is 2.24 bits per heavy atom. The van der Waals surface area contributed by atoms with Crippen LogP contribution >= 0.6 is 11.3 Å². The van der Waals surface area contributed by atoms with Gasteiger partial charge in [0.05, 0.1) is 7.11 Å². The maximum Gasteiger partial charge on any atom is 0.293 e. The molecule has 0 aromatic carbocycles. The van der Waals surface area contributed by atoms with Crippen molar-refractivity contribution >= 4 is 22.4 Å². The summed E-state index contributed by atoms with van der Waals surface area (Å²) < 4.78 is 11.1. The van der Waals surface area contributed by atoms with Crippen molar-refractivity contribution in [1.29, 1.82) is 0 Å². The number of hydrogen-bond acceptors (Lipinski definition) is 7. The monoisotopic (exact) mass is 310 g/mol. The molecule has 0 radical (unpaired) electrons. The van der Waals surface area contributed by atoms with E-state index in [0.717, 1.165) is 0 Å². The largest absolute Gasteiger partial charge is 0.491 e. The third-order valence-electron chi connectivity index (χ3n) is 2.50. The summed E-state index contributed by atoms with van der Waals surface area (Å²) in [6, 6.07) is 3.17. The van der Waals surface area contributed by atoms with E-state index in [1.807, 2.05) is 0 Å². The van der Waals surface area contributed by atoms with Crippen LogP contribution in [-0.2, 0) is 22.7 Å². The molecule has 1 N–H and O–H groups in total. The molecule has 0 aliphatic heterocycles. The van der Waals surface area contributed by atoms with E-state index in [0.29, 0.717) is 16.7 Å². The number of carbonyl (C=O) groups is 1. The van der Waals surface area contributed by atoms with Crippen molar-refractivity contribution in [2.24, 2.45) is 0 Å². The van der Waals surface area contributed by atoms with Crippen LogP contribution in [0.4, 0.5) is 5.13 Å². The van der Waals surface area contributed by atoms with Crippen LogP contribution in [0.1, 0.15) is 5.01 Å². The number of carbonyl (C=O) groups excluding carboxylic acids is 1. The number of methoxy groups -OCH3 is 2. The van der Waals surface area contributed by atoms with Gasteiger partial charge in [0.1, 0.15) is 18.2 Å². The first-order chi connectivity index (χ1) is 10.1. The van der Waals surface area contributed by atoms with Gasteiger partial charge in [-0.25, -0.2) is 0 Å². The highest BCUT2D eigenvalue weighted by molar-refractivity contribution is 7.15. The lowest BCUT2D eigenvalue weighted by Crippen LogP contribution is -2.27. The Bertz CT molecular complexity index is 682. The summed E-state index contributed by atoms with van der Waals surface area (Å²) in [4.78, 5) is 23.8. The summed E-state index contributed by atoms with van der Waals surface area (Å²) in [7, 11) is 2.95. The number of pyridine rings is 1. The lowest BCUT2D eigenvalue weighted by molar-refractivity contribution is -0.116. The molecule has 0 fully saturated rings. The molecule has 0 bridgehead atoms. The number of ether oxygens (including phenoxy) is 2. The zero-order valence-corrected chi connectivity index (χ0v) is 12.3. The molecule has 2 aromatic rings. The number of hydrogen-bond donors (Lipinski definition) is 1. The summed E-state index contributed by atoms with van der Waals surface area (Å²) in [6.07, 6.45) is 1.51. The normalized spacial score (nSPS) is 10.4. The van der Waals surface area contributed by atoms with E-state index in [1.54, 1.807) is 19.2 Å². The fourth-order valence-corrected chi connectivity index (χ4v) is 2.32. The van der Waals surface area contributed by atoms with Gasteiger partial charge in [-0.1, -0.05) is 11.3 Å². The van der Waals surface area contributed by atoms with Crippen LogP contribution in [0.3, 0.4) is 0 Å². The minimum Gasteiger partial charge on any atom is -0.491 e. The summed E-state index contributed by atoms with van der Waals surface area (Å²) in [5.41, 5.74) is -0.368. The van der Waals surface area contributed by atoms with Gasteiger partial charge in [-0.2, -0.15) is 0 Å². The molecule has 2 rings (SSSR count). The second-order valence-corrected chi connectivity index (χ2v) is 5.05. The first-order valence-electron chi connectivity index (χ1n) is 5.98. The molecule has 0 unspecified atom stereocenters. The second kappa shape index (κ2) is 6.95. The van der Waals surface area contributed by atoms with Crippen LogP contribution in [0.15, 0.2) is 23.1 Å². The van der Waals surface area contributed by atoms with Gasteiger partial charge in [-0.3, -0.25) is 14.9 Å². The van der Waals surface area contributed by atoms with E-state index in [4.69, 9.17) is 9.47 Å². The van der Waals surface area contributed by atoms with Crippen molar-refractivity contribution in [1.82, 2.24) is 14.8 Å². The van der Waals surface area contributed by atoms with E-state index in [-0.39, 0.29) is 23.8 Å². The first kappa shape index (κ1) is 15.1. The molecule has 9 heteroatoms. The molecular formula is C12H14N4O4S. The van der Waals surface area contributed by atoms with Crippen LogP contribution in [0.5, 0.6) is 5.75 Å². The standard InChI is InChI=1S/C12H14N4O4S/c1-19-7-10-14-15-12(21-10)13-9(17)6-16-5-3-4-8(20-2)11(16)18/h3-5H,6-7H2,1-2H3,(H,13,15,17). The molecule has 0 spiro atoms. The topological polar surface area (TPSA) is 95.3 Å². The summed E-state index contributed by atoms with van der Waals surface area (Å²) in [5.74, 6) is -0.186. The Kier molecular flexibility index (Phi) is 5.01. The van der Waals surface area contributed by atoms with Crippen LogP contribution in [0.25, 0.3) is 0 Å². The lowest BCUT2D eigenvalue weighted by atomic mass is 10.4. The first-order valence-corrected chi connectivity index (χ1v) is 6.80. The van der Waals surface area contributed by atoms with Gasteiger partial charge in [0.2, 0.25) is 11.0 Å². The summed E-state index contributed by atoms with van der Waals surface area (Å²) in [6.45, 7) is 0.206. The van der Waals surface area contributed by atoms with E-state index < -0.39 is 0 Å². The van der Waals surface area contributed by atoms with Crippen LogP contribution in [0.2, 0.25) is 0 Å². The van der Waals surface area contributed by atoms with Gasteiger partial charge in [0.25, 0.3) is 5.56 Å². The highest BCUT2D eigenvalue weighted by Crippen LogP contribution is 2.15. The third-order valence-corrected chi connectivity index (χ3v) is 3.31. The van der Waals surface area contributed by atoms with Crippen molar-refractivity contribution in [3.05, 3.63) is 33.7 Å².